The molecule has 2 aliphatic rings. The minimum atomic E-state index is -0.757. The van der Waals surface area contributed by atoms with Gasteiger partial charge in [-0.25, -0.2) is 0 Å². The Labute approximate surface area is 220 Å². The summed E-state index contributed by atoms with van der Waals surface area (Å²) in [7, 11) is 0. The number of hydrogen-bond acceptors (Lipinski definition) is 4. The van der Waals surface area contributed by atoms with Gasteiger partial charge in [-0.2, -0.15) is 4.57 Å². The molecule has 0 spiro atoms. The highest BCUT2D eigenvalue weighted by molar-refractivity contribution is 6.30. The summed E-state index contributed by atoms with van der Waals surface area (Å²) in [6.45, 7) is 9.75. The number of carbonyl (C=O) groups is 2. The van der Waals surface area contributed by atoms with Crippen LogP contribution in [-0.2, 0) is 11.1 Å². The zero-order chi connectivity index (χ0) is 26.1. The number of piperazine rings is 1. The Bertz CT molecular complexity index is 1560. The van der Waals surface area contributed by atoms with Crippen molar-refractivity contribution in [3.05, 3.63) is 82.9 Å². The van der Waals surface area contributed by atoms with Crippen LogP contribution >= 0.6 is 11.6 Å². The van der Waals surface area contributed by atoms with Crippen molar-refractivity contribution < 1.29 is 14.2 Å². The van der Waals surface area contributed by atoms with Crippen molar-refractivity contribution >= 4 is 29.1 Å². The van der Waals surface area contributed by atoms with Crippen molar-refractivity contribution in [2.45, 2.75) is 38.8 Å². The summed E-state index contributed by atoms with van der Waals surface area (Å²) < 4.78 is 3.90. The standard InChI is InChI=1S/C28H28ClN6O2/c1-27(2,3)20-15-22(18-8-10-19(29)11-9-18)31-34-16-23-26(37)33-14-13-32(17-28(33,4)35(23)24(20)34)25(36)21-7-5-6-12-30-21/h5-12,15-16H,13-14,17H2,1-4H3/q+1. The fourth-order valence-electron chi connectivity index (χ4n) is 5.53. The first-order valence-corrected chi connectivity index (χ1v) is 12.7. The van der Waals surface area contributed by atoms with Crippen LogP contribution in [0, 0.1) is 0 Å². The molecule has 0 saturated carbocycles. The molecule has 1 unspecified atom stereocenters. The second-order valence-electron chi connectivity index (χ2n) is 10.9. The van der Waals surface area contributed by atoms with Crippen LogP contribution in [-0.4, -0.2) is 55.8 Å². The number of pyridine rings is 1. The van der Waals surface area contributed by atoms with Gasteiger partial charge in [0, 0.05) is 36.8 Å². The van der Waals surface area contributed by atoms with Gasteiger partial charge in [0.1, 0.15) is 11.4 Å². The number of aromatic nitrogens is 4. The molecule has 0 radical (unpaired) electrons. The van der Waals surface area contributed by atoms with E-state index in [1.54, 1.807) is 23.2 Å². The van der Waals surface area contributed by atoms with Crippen LogP contribution in [0.4, 0.5) is 0 Å². The number of hydrogen-bond donors (Lipinski definition) is 0. The van der Waals surface area contributed by atoms with Crippen LogP contribution in [0.3, 0.4) is 0 Å². The fourth-order valence-corrected chi connectivity index (χ4v) is 5.66. The first-order valence-electron chi connectivity index (χ1n) is 12.4. The Morgan fingerprint density at radius 3 is 2.54 bits per heavy atom. The van der Waals surface area contributed by atoms with Gasteiger partial charge in [-0.3, -0.25) is 19.5 Å². The highest BCUT2D eigenvalue weighted by Gasteiger charge is 2.57. The average molecular weight is 516 g/mol. The van der Waals surface area contributed by atoms with Crippen molar-refractivity contribution in [3.63, 3.8) is 0 Å². The lowest BCUT2D eigenvalue weighted by molar-refractivity contribution is -0.749. The van der Waals surface area contributed by atoms with Crippen molar-refractivity contribution in [3.8, 4) is 11.3 Å². The van der Waals surface area contributed by atoms with Crippen LogP contribution in [0.15, 0.2) is 60.9 Å². The van der Waals surface area contributed by atoms with Gasteiger partial charge in [0.15, 0.2) is 6.20 Å². The molecule has 1 aromatic carbocycles. The molecule has 6 rings (SSSR count). The molecule has 188 valence electrons. The lowest BCUT2D eigenvalue weighted by Gasteiger charge is -2.42. The molecule has 1 fully saturated rings. The topological polar surface area (TPSA) is 74.7 Å². The molecule has 2 amide bonds. The number of benzene rings is 1. The molecule has 2 aliphatic heterocycles. The average Bonchev–Trinajstić information content (AvgIpc) is 3.36. The second-order valence-corrected chi connectivity index (χ2v) is 11.4. The Balaban J connectivity index is 1.51. The maximum absolute atomic E-state index is 13.6. The van der Waals surface area contributed by atoms with E-state index in [1.807, 2.05) is 52.9 Å². The third-order valence-corrected chi connectivity index (χ3v) is 7.63. The van der Waals surface area contributed by atoms with Crippen molar-refractivity contribution in [2.24, 2.45) is 0 Å². The Hall–Kier alpha value is -3.78. The first-order chi connectivity index (χ1) is 17.6. The number of imidazole rings is 1. The van der Waals surface area contributed by atoms with Crippen LogP contribution in [0.1, 0.15) is 54.2 Å². The van der Waals surface area contributed by atoms with Gasteiger partial charge in [0.2, 0.25) is 11.4 Å². The molecular weight excluding hydrogens is 488 g/mol. The van der Waals surface area contributed by atoms with E-state index in [2.05, 4.69) is 36.4 Å². The van der Waals surface area contributed by atoms with Gasteiger partial charge in [0.25, 0.3) is 5.91 Å². The summed E-state index contributed by atoms with van der Waals surface area (Å²) in [6, 6.07) is 15.0. The Kier molecular flexibility index (Phi) is 5.18. The maximum Gasteiger partial charge on any atom is 0.313 e. The molecular formula is C28H28ClN6O2+. The molecule has 0 bridgehead atoms. The first kappa shape index (κ1) is 23.6. The second kappa shape index (κ2) is 8.11. The number of amides is 2. The molecule has 37 heavy (non-hydrogen) atoms. The fraction of sp³-hybridized carbons (Fsp3) is 0.321. The van der Waals surface area contributed by atoms with Gasteiger partial charge < -0.3 is 4.90 Å². The lowest BCUT2D eigenvalue weighted by atomic mass is 9.87. The predicted molar refractivity (Wildman–Crippen MR) is 139 cm³/mol. The molecule has 9 heteroatoms. The summed E-state index contributed by atoms with van der Waals surface area (Å²) in [6.07, 6.45) is 3.44. The van der Waals surface area contributed by atoms with E-state index in [0.29, 0.717) is 36.0 Å². The van der Waals surface area contributed by atoms with Gasteiger partial charge in [-0.1, -0.05) is 60.2 Å². The van der Waals surface area contributed by atoms with Crippen LogP contribution in [0.2, 0.25) is 5.02 Å². The summed E-state index contributed by atoms with van der Waals surface area (Å²) in [5.41, 5.74) is 3.63. The zero-order valence-electron chi connectivity index (χ0n) is 21.3. The minimum absolute atomic E-state index is 0.0502. The van der Waals surface area contributed by atoms with Crippen LogP contribution in [0.5, 0.6) is 0 Å². The van der Waals surface area contributed by atoms with Crippen LogP contribution in [0.25, 0.3) is 16.9 Å². The number of halogens is 1. The number of nitrogens with zero attached hydrogens (tertiary/aromatic N) is 6. The van der Waals surface area contributed by atoms with Gasteiger partial charge >= 0.3 is 11.6 Å². The SMILES string of the molecule is CC(C)(C)c1cc(-c2ccc(Cl)cc2)nn2cc3[n+](c12)C1(C)CN(C(=O)c2ccccn2)CCN1C3=O. The van der Waals surface area contributed by atoms with Gasteiger partial charge in [-0.05, 0) is 35.7 Å². The zero-order valence-corrected chi connectivity index (χ0v) is 22.0. The molecule has 0 N–H and O–H groups in total. The minimum Gasteiger partial charge on any atom is -0.329 e. The van der Waals surface area contributed by atoms with E-state index in [-0.39, 0.29) is 17.2 Å². The lowest BCUT2D eigenvalue weighted by Crippen LogP contribution is -2.69. The molecule has 5 heterocycles. The van der Waals surface area contributed by atoms with Crippen molar-refractivity contribution in [2.75, 3.05) is 19.6 Å². The van der Waals surface area contributed by atoms with E-state index in [9.17, 15) is 9.59 Å². The Morgan fingerprint density at radius 2 is 1.86 bits per heavy atom. The monoisotopic (exact) mass is 515 g/mol. The molecule has 8 nitrogen and oxygen atoms in total. The summed E-state index contributed by atoms with van der Waals surface area (Å²) >= 11 is 6.12. The molecule has 3 aromatic heterocycles. The molecule has 0 aliphatic carbocycles. The van der Waals surface area contributed by atoms with Gasteiger partial charge in [0.05, 0.1) is 12.1 Å². The summed E-state index contributed by atoms with van der Waals surface area (Å²) in [5, 5.41) is 5.57. The van der Waals surface area contributed by atoms with E-state index >= 15 is 0 Å². The molecule has 1 atom stereocenters. The highest BCUT2D eigenvalue weighted by atomic mass is 35.5. The normalized spacial score (nSPS) is 19.3. The molecule has 1 saturated heterocycles. The number of fused-ring (bicyclic) bond motifs is 5. The summed E-state index contributed by atoms with van der Waals surface area (Å²) in [4.78, 5) is 34.9. The van der Waals surface area contributed by atoms with E-state index in [4.69, 9.17) is 16.7 Å². The maximum atomic E-state index is 13.6. The smallest absolute Gasteiger partial charge is 0.313 e. The molecule has 4 aromatic rings. The summed E-state index contributed by atoms with van der Waals surface area (Å²) in [5.74, 6) is -0.184. The highest BCUT2D eigenvalue weighted by Crippen LogP contribution is 2.35. The predicted octanol–water partition coefficient (Wildman–Crippen LogP) is 3.92. The van der Waals surface area contributed by atoms with E-state index < -0.39 is 5.66 Å². The Morgan fingerprint density at radius 1 is 1.11 bits per heavy atom. The van der Waals surface area contributed by atoms with Gasteiger partial charge in [-0.15, -0.1) is 0 Å². The quantitative estimate of drug-likeness (QED) is 0.379. The third kappa shape index (κ3) is 3.62. The van der Waals surface area contributed by atoms with E-state index in [0.717, 1.165) is 22.5 Å². The van der Waals surface area contributed by atoms with Crippen molar-refractivity contribution in [1.29, 1.82) is 0 Å². The van der Waals surface area contributed by atoms with Crippen molar-refractivity contribution in [1.82, 2.24) is 24.4 Å². The van der Waals surface area contributed by atoms with E-state index in [1.165, 1.54) is 0 Å². The number of rotatable bonds is 2. The number of carbonyl (C=O) groups excluding carboxylic acids is 2. The largest absolute Gasteiger partial charge is 0.329 e. The van der Waals surface area contributed by atoms with Crippen LogP contribution < -0.4 is 4.57 Å². The third-order valence-electron chi connectivity index (χ3n) is 7.38.